The Bertz CT molecular complexity index is 379. The maximum atomic E-state index is 10.8. The third-order valence-electron chi connectivity index (χ3n) is 1.70. The quantitative estimate of drug-likeness (QED) is 0.726. The van der Waals surface area contributed by atoms with E-state index < -0.39 is 6.09 Å². The van der Waals surface area contributed by atoms with E-state index in [1.807, 2.05) is 0 Å². The summed E-state index contributed by atoms with van der Waals surface area (Å²) in [7, 11) is 0. The Morgan fingerprint density at radius 2 is 2.15 bits per heavy atom. The Kier molecular flexibility index (Phi) is 2.06. The molecule has 1 aromatic carbocycles. The first-order valence-corrected chi connectivity index (χ1v) is 4.36. The SMILES string of the molecule is O=C1NCc2cc(Cl)cc(Cl)c2O1. The largest absolute Gasteiger partial charge is 0.412 e. The van der Waals surface area contributed by atoms with Gasteiger partial charge in [-0.05, 0) is 12.1 Å². The molecule has 13 heavy (non-hydrogen) atoms. The second-order valence-electron chi connectivity index (χ2n) is 2.62. The molecule has 0 atom stereocenters. The first-order chi connectivity index (χ1) is 6.16. The van der Waals surface area contributed by atoms with E-state index in [0.29, 0.717) is 22.3 Å². The smallest absolute Gasteiger partial charge is 0.408 e. The number of halogens is 2. The van der Waals surface area contributed by atoms with E-state index in [4.69, 9.17) is 27.9 Å². The minimum absolute atomic E-state index is 0.359. The summed E-state index contributed by atoms with van der Waals surface area (Å²) in [6, 6.07) is 3.25. The van der Waals surface area contributed by atoms with Crippen LogP contribution < -0.4 is 10.1 Å². The van der Waals surface area contributed by atoms with Gasteiger partial charge in [0.25, 0.3) is 0 Å². The predicted octanol–water partition coefficient (Wildman–Crippen LogP) is 2.60. The fourth-order valence-electron chi connectivity index (χ4n) is 1.16. The van der Waals surface area contributed by atoms with Crippen LogP contribution in [0.3, 0.4) is 0 Å². The van der Waals surface area contributed by atoms with Crippen LogP contribution in [0.1, 0.15) is 5.56 Å². The van der Waals surface area contributed by atoms with Crippen molar-refractivity contribution in [1.82, 2.24) is 5.32 Å². The van der Waals surface area contributed by atoms with Crippen molar-refractivity contribution in [2.24, 2.45) is 0 Å². The van der Waals surface area contributed by atoms with Crippen LogP contribution in [-0.2, 0) is 6.54 Å². The van der Waals surface area contributed by atoms with Gasteiger partial charge in [-0.25, -0.2) is 4.79 Å². The molecule has 0 spiro atoms. The highest BCUT2D eigenvalue weighted by atomic mass is 35.5. The van der Waals surface area contributed by atoms with Gasteiger partial charge in [0.05, 0.1) is 5.02 Å². The van der Waals surface area contributed by atoms with Crippen molar-refractivity contribution in [2.75, 3.05) is 0 Å². The maximum absolute atomic E-state index is 10.8. The Balaban J connectivity index is 2.53. The molecule has 3 nitrogen and oxygen atoms in total. The summed E-state index contributed by atoms with van der Waals surface area (Å²) < 4.78 is 4.88. The maximum Gasteiger partial charge on any atom is 0.412 e. The van der Waals surface area contributed by atoms with Crippen LogP contribution in [0.5, 0.6) is 5.75 Å². The molecule has 1 aliphatic heterocycles. The number of hydrogen-bond acceptors (Lipinski definition) is 2. The van der Waals surface area contributed by atoms with E-state index in [9.17, 15) is 4.79 Å². The second kappa shape index (κ2) is 3.09. The van der Waals surface area contributed by atoms with Gasteiger partial charge in [0.1, 0.15) is 0 Å². The zero-order valence-electron chi connectivity index (χ0n) is 6.43. The first kappa shape index (κ1) is 8.66. The number of fused-ring (bicyclic) bond motifs is 1. The third kappa shape index (κ3) is 1.57. The molecule has 0 fully saturated rings. The molecular formula is C8H5Cl2NO2. The molecule has 1 heterocycles. The second-order valence-corrected chi connectivity index (χ2v) is 3.46. The van der Waals surface area contributed by atoms with Gasteiger partial charge >= 0.3 is 6.09 Å². The summed E-state index contributed by atoms with van der Waals surface area (Å²) in [6.07, 6.45) is -0.489. The van der Waals surface area contributed by atoms with Crippen LogP contribution in [0.4, 0.5) is 4.79 Å². The van der Waals surface area contributed by atoms with E-state index in [1.54, 1.807) is 12.1 Å². The van der Waals surface area contributed by atoms with E-state index >= 15 is 0 Å². The molecule has 2 rings (SSSR count). The average molecular weight is 218 g/mol. The van der Waals surface area contributed by atoms with Crippen molar-refractivity contribution in [3.05, 3.63) is 27.7 Å². The standard InChI is InChI=1S/C8H5Cl2NO2/c9-5-1-4-3-11-8(12)13-7(4)6(10)2-5/h1-2H,3H2,(H,11,12). The van der Waals surface area contributed by atoms with Crippen molar-refractivity contribution in [2.45, 2.75) is 6.54 Å². The minimum Gasteiger partial charge on any atom is -0.408 e. The Morgan fingerprint density at radius 3 is 2.92 bits per heavy atom. The number of benzene rings is 1. The van der Waals surface area contributed by atoms with Crippen molar-refractivity contribution >= 4 is 29.3 Å². The number of rotatable bonds is 0. The van der Waals surface area contributed by atoms with E-state index in [2.05, 4.69) is 5.32 Å². The average Bonchev–Trinajstić information content (AvgIpc) is 2.06. The van der Waals surface area contributed by atoms with Gasteiger partial charge in [-0.1, -0.05) is 23.2 Å². The minimum atomic E-state index is -0.489. The van der Waals surface area contributed by atoms with Gasteiger partial charge in [-0.3, -0.25) is 0 Å². The lowest BCUT2D eigenvalue weighted by Crippen LogP contribution is -2.31. The highest BCUT2D eigenvalue weighted by molar-refractivity contribution is 6.35. The number of nitrogens with one attached hydrogen (secondary N) is 1. The van der Waals surface area contributed by atoms with Crippen LogP contribution in [0.2, 0.25) is 10.0 Å². The molecule has 0 saturated heterocycles. The Hall–Kier alpha value is -0.930. The molecule has 1 aromatic rings. The van der Waals surface area contributed by atoms with Crippen molar-refractivity contribution < 1.29 is 9.53 Å². The monoisotopic (exact) mass is 217 g/mol. The zero-order chi connectivity index (χ0) is 9.42. The van der Waals surface area contributed by atoms with Crippen LogP contribution in [0.25, 0.3) is 0 Å². The molecule has 5 heteroatoms. The van der Waals surface area contributed by atoms with Crippen LogP contribution in [0.15, 0.2) is 12.1 Å². The summed E-state index contributed by atoms with van der Waals surface area (Å²) >= 11 is 11.6. The Morgan fingerprint density at radius 1 is 1.38 bits per heavy atom. The van der Waals surface area contributed by atoms with E-state index in [-0.39, 0.29) is 0 Å². The molecule has 0 bridgehead atoms. The molecular weight excluding hydrogens is 213 g/mol. The third-order valence-corrected chi connectivity index (χ3v) is 2.20. The van der Waals surface area contributed by atoms with Crippen LogP contribution in [0, 0.1) is 0 Å². The normalized spacial score (nSPS) is 14.5. The van der Waals surface area contributed by atoms with Crippen molar-refractivity contribution in [3.63, 3.8) is 0 Å². The fraction of sp³-hybridized carbons (Fsp3) is 0.125. The fourth-order valence-corrected chi connectivity index (χ4v) is 1.73. The first-order valence-electron chi connectivity index (χ1n) is 3.60. The summed E-state index contributed by atoms with van der Waals surface area (Å²) in [6.45, 7) is 0.397. The molecule has 0 unspecified atom stereocenters. The van der Waals surface area contributed by atoms with Crippen molar-refractivity contribution in [3.8, 4) is 5.75 Å². The molecule has 0 aromatic heterocycles. The molecule has 68 valence electrons. The van der Waals surface area contributed by atoms with Crippen LogP contribution in [-0.4, -0.2) is 6.09 Å². The van der Waals surface area contributed by atoms with Crippen molar-refractivity contribution in [1.29, 1.82) is 0 Å². The summed E-state index contributed by atoms with van der Waals surface area (Å²) in [5, 5.41) is 3.40. The lowest BCUT2D eigenvalue weighted by molar-refractivity contribution is 0.194. The molecule has 0 radical (unpaired) electrons. The molecule has 1 aliphatic rings. The van der Waals surface area contributed by atoms with Gasteiger partial charge in [0.2, 0.25) is 0 Å². The lowest BCUT2D eigenvalue weighted by Gasteiger charge is -2.17. The highest BCUT2D eigenvalue weighted by Gasteiger charge is 2.19. The van der Waals surface area contributed by atoms with Gasteiger partial charge in [0.15, 0.2) is 5.75 Å². The Labute approximate surface area is 84.6 Å². The van der Waals surface area contributed by atoms with Gasteiger partial charge in [-0.2, -0.15) is 0 Å². The van der Waals surface area contributed by atoms with Crippen LogP contribution >= 0.6 is 23.2 Å². The molecule has 0 saturated carbocycles. The number of ether oxygens (including phenoxy) is 1. The lowest BCUT2D eigenvalue weighted by atomic mass is 10.2. The zero-order valence-corrected chi connectivity index (χ0v) is 7.95. The number of carbonyl (C=O) groups is 1. The molecule has 0 aliphatic carbocycles. The van der Waals surface area contributed by atoms with Gasteiger partial charge in [-0.15, -0.1) is 0 Å². The highest BCUT2D eigenvalue weighted by Crippen LogP contribution is 2.33. The topological polar surface area (TPSA) is 38.3 Å². The summed E-state index contributed by atoms with van der Waals surface area (Å²) in [5.74, 6) is 0.398. The van der Waals surface area contributed by atoms with Gasteiger partial charge in [0, 0.05) is 17.1 Å². The molecule has 1 amide bonds. The number of amides is 1. The van der Waals surface area contributed by atoms with Gasteiger partial charge < -0.3 is 10.1 Å². The van der Waals surface area contributed by atoms with E-state index in [1.165, 1.54) is 0 Å². The number of hydrogen-bond donors (Lipinski definition) is 1. The summed E-state index contributed by atoms with van der Waals surface area (Å²) in [4.78, 5) is 10.8. The predicted molar refractivity (Wildman–Crippen MR) is 49.3 cm³/mol. The molecule has 1 N–H and O–H groups in total. The number of carbonyl (C=O) groups excluding carboxylic acids is 1. The van der Waals surface area contributed by atoms with E-state index in [0.717, 1.165) is 5.56 Å². The summed E-state index contributed by atoms with van der Waals surface area (Å²) in [5.41, 5.74) is 0.789.